The second-order valence-corrected chi connectivity index (χ2v) is 5.82. The van der Waals surface area contributed by atoms with E-state index >= 15 is 0 Å². The van der Waals surface area contributed by atoms with Crippen LogP contribution in [0, 0.1) is 6.92 Å². The molecule has 86 valence electrons. The Morgan fingerprint density at radius 1 is 0.938 bits per heavy atom. The van der Waals surface area contributed by atoms with Gasteiger partial charge in [-0.25, -0.2) is 0 Å². The molecule has 2 aromatic rings. The number of anilines is 1. The van der Waals surface area contributed by atoms with Crippen molar-refractivity contribution in [2.24, 2.45) is 0 Å². The third-order valence-corrected chi connectivity index (χ3v) is 3.79. The van der Waals surface area contributed by atoms with Crippen LogP contribution in [0.3, 0.4) is 0 Å². The number of unbranched alkanes of at least 4 members (excludes halogenated alkanes) is 1. The Hall–Kier alpha value is -1.08. The predicted octanol–water partition coefficient (Wildman–Crippen LogP) is 1.85. The molecular formula is C9H13N5S2. The molecule has 0 spiro atoms. The van der Waals surface area contributed by atoms with Crippen LogP contribution in [0.5, 0.6) is 0 Å². The van der Waals surface area contributed by atoms with Gasteiger partial charge in [0, 0.05) is 12.8 Å². The average molecular weight is 255 g/mol. The molecule has 0 aliphatic heterocycles. The van der Waals surface area contributed by atoms with Crippen LogP contribution in [0.4, 0.5) is 5.13 Å². The minimum atomic E-state index is 0.551. The summed E-state index contributed by atoms with van der Waals surface area (Å²) < 4.78 is 0. The molecule has 2 N–H and O–H groups in total. The fraction of sp³-hybridized carbons (Fsp3) is 0.556. The van der Waals surface area contributed by atoms with Crippen LogP contribution in [-0.4, -0.2) is 20.4 Å². The Balaban J connectivity index is 1.69. The maximum Gasteiger partial charge on any atom is 0.203 e. The van der Waals surface area contributed by atoms with Crippen LogP contribution in [0.1, 0.15) is 27.9 Å². The fourth-order valence-corrected chi connectivity index (χ4v) is 2.76. The minimum Gasteiger partial charge on any atom is -0.374 e. The summed E-state index contributed by atoms with van der Waals surface area (Å²) in [6, 6.07) is 0. The second kappa shape index (κ2) is 5.31. The van der Waals surface area contributed by atoms with E-state index in [4.69, 9.17) is 5.73 Å². The number of nitrogens with zero attached hydrogens (tertiary/aromatic N) is 4. The topological polar surface area (TPSA) is 77.6 Å². The Morgan fingerprint density at radius 3 is 2.06 bits per heavy atom. The van der Waals surface area contributed by atoms with Gasteiger partial charge in [0.05, 0.1) is 0 Å². The van der Waals surface area contributed by atoms with Gasteiger partial charge < -0.3 is 5.73 Å². The maximum atomic E-state index is 5.50. The third-order valence-electron chi connectivity index (χ3n) is 2.08. The van der Waals surface area contributed by atoms with Gasteiger partial charge in [0.1, 0.15) is 15.0 Å². The molecule has 0 unspecified atom stereocenters. The number of aromatic nitrogens is 4. The van der Waals surface area contributed by atoms with E-state index in [9.17, 15) is 0 Å². The highest BCUT2D eigenvalue weighted by Gasteiger charge is 2.03. The van der Waals surface area contributed by atoms with Crippen molar-refractivity contribution in [3.05, 3.63) is 15.0 Å². The number of nitrogen functional groups attached to an aromatic ring is 1. The van der Waals surface area contributed by atoms with Crippen molar-refractivity contribution in [3.63, 3.8) is 0 Å². The van der Waals surface area contributed by atoms with E-state index in [1.165, 1.54) is 11.3 Å². The molecular weight excluding hydrogens is 242 g/mol. The fourth-order valence-electron chi connectivity index (χ4n) is 1.36. The molecule has 7 heteroatoms. The standard InChI is InChI=1S/C9H13N5S2/c1-6-11-12-7(15-6)4-2-3-5-8-13-14-9(10)16-8/h2-5H2,1H3,(H2,10,14). The lowest BCUT2D eigenvalue weighted by atomic mass is 10.2. The quantitative estimate of drug-likeness (QED) is 0.825. The van der Waals surface area contributed by atoms with Gasteiger partial charge in [-0.3, -0.25) is 0 Å². The van der Waals surface area contributed by atoms with Crippen molar-refractivity contribution in [2.45, 2.75) is 32.6 Å². The lowest BCUT2D eigenvalue weighted by Crippen LogP contribution is -1.88. The molecule has 0 atom stereocenters. The predicted molar refractivity (Wildman–Crippen MR) is 65.6 cm³/mol. The van der Waals surface area contributed by atoms with Gasteiger partial charge in [-0.05, 0) is 19.8 Å². The van der Waals surface area contributed by atoms with Crippen LogP contribution in [0.25, 0.3) is 0 Å². The summed E-state index contributed by atoms with van der Waals surface area (Å²) in [5.74, 6) is 0. The summed E-state index contributed by atoms with van der Waals surface area (Å²) >= 11 is 3.14. The Labute approximate surface area is 102 Å². The first-order chi connectivity index (χ1) is 7.74. The minimum absolute atomic E-state index is 0.551. The zero-order chi connectivity index (χ0) is 11.4. The average Bonchev–Trinajstić information content (AvgIpc) is 2.83. The Bertz CT molecular complexity index is 408. The number of aryl methyl sites for hydroxylation is 3. The third kappa shape index (κ3) is 3.21. The number of rotatable bonds is 5. The molecule has 0 fully saturated rings. The smallest absolute Gasteiger partial charge is 0.203 e. The van der Waals surface area contributed by atoms with Crippen LogP contribution < -0.4 is 5.73 Å². The molecule has 0 saturated carbocycles. The van der Waals surface area contributed by atoms with Gasteiger partial charge in [0.25, 0.3) is 0 Å². The molecule has 0 aliphatic carbocycles. The van der Waals surface area contributed by atoms with Gasteiger partial charge in [0.2, 0.25) is 5.13 Å². The van der Waals surface area contributed by atoms with E-state index in [0.29, 0.717) is 5.13 Å². The van der Waals surface area contributed by atoms with Crippen molar-refractivity contribution >= 4 is 27.8 Å². The zero-order valence-electron chi connectivity index (χ0n) is 9.01. The highest BCUT2D eigenvalue weighted by Crippen LogP contribution is 2.15. The summed E-state index contributed by atoms with van der Waals surface area (Å²) in [6.07, 6.45) is 4.15. The summed E-state index contributed by atoms with van der Waals surface area (Å²) in [5, 5.41) is 19.6. The summed E-state index contributed by atoms with van der Waals surface area (Å²) in [4.78, 5) is 0. The van der Waals surface area contributed by atoms with E-state index in [2.05, 4.69) is 20.4 Å². The second-order valence-electron chi connectivity index (χ2n) is 3.46. The van der Waals surface area contributed by atoms with Crippen LogP contribution in [-0.2, 0) is 12.8 Å². The van der Waals surface area contributed by atoms with E-state index in [1.807, 2.05) is 6.92 Å². The molecule has 2 heterocycles. The van der Waals surface area contributed by atoms with Crippen molar-refractivity contribution in [1.29, 1.82) is 0 Å². The monoisotopic (exact) mass is 255 g/mol. The highest BCUT2D eigenvalue weighted by molar-refractivity contribution is 7.15. The Morgan fingerprint density at radius 2 is 1.56 bits per heavy atom. The molecule has 2 aromatic heterocycles. The van der Waals surface area contributed by atoms with Crippen molar-refractivity contribution < 1.29 is 0 Å². The van der Waals surface area contributed by atoms with Gasteiger partial charge in [-0.15, -0.1) is 31.7 Å². The number of hydrogen-bond acceptors (Lipinski definition) is 7. The van der Waals surface area contributed by atoms with Gasteiger partial charge in [-0.1, -0.05) is 11.3 Å². The first-order valence-corrected chi connectivity index (χ1v) is 6.74. The highest BCUT2D eigenvalue weighted by atomic mass is 32.1. The molecule has 0 saturated heterocycles. The molecule has 2 rings (SSSR count). The molecule has 0 aliphatic rings. The van der Waals surface area contributed by atoms with Crippen molar-refractivity contribution in [3.8, 4) is 0 Å². The first-order valence-electron chi connectivity index (χ1n) is 5.11. The first kappa shape index (κ1) is 11.4. The summed E-state index contributed by atoms with van der Waals surface area (Å²) in [6.45, 7) is 1.98. The van der Waals surface area contributed by atoms with E-state index in [1.54, 1.807) is 11.3 Å². The summed E-state index contributed by atoms with van der Waals surface area (Å²) in [5.41, 5.74) is 5.50. The normalized spacial score (nSPS) is 10.8. The lowest BCUT2D eigenvalue weighted by molar-refractivity contribution is 0.718. The maximum absolute atomic E-state index is 5.50. The molecule has 16 heavy (non-hydrogen) atoms. The summed E-state index contributed by atoms with van der Waals surface area (Å²) in [7, 11) is 0. The lowest BCUT2D eigenvalue weighted by Gasteiger charge is -1.94. The molecule has 0 aromatic carbocycles. The van der Waals surface area contributed by atoms with Crippen LogP contribution in [0.2, 0.25) is 0 Å². The number of hydrogen-bond donors (Lipinski definition) is 1. The molecule has 0 amide bonds. The molecule has 5 nitrogen and oxygen atoms in total. The number of nitrogens with two attached hydrogens (primary N) is 1. The molecule has 0 radical (unpaired) electrons. The molecule has 0 bridgehead atoms. The zero-order valence-corrected chi connectivity index (χ0v) is 10.6. The van der Waals surface area contributed by atoms with Crippen LogP contribution in [0.15, 0.2) is 0 Å². The van der Waals surface area contributed by atoms with E-state index < -0.39 is 0 Å². The van der Waals surface area contributed by atoms with E-state index in [0.717, 1.165) is 40.7 Å². The van der Waals surface area contributed by atoms with Crippen molar-refractivity contribution in [1.82, 2.24) is 20.4 Å². The Kier molecular flexibility index (Phi) is 3.79. The van der Waals surface area contributed by atoms with Gasteiger partial charge in [0.15, 0.2) is 0 Å². The largest absolute Gasteiger partial charge is 0.374 e. The van der Waals surface area contributed by atoms with Gasteiger partial charge in [-0.2, -0.15) is 0 Å². The van der Waals surface area contributed by atoms with Gasteiger partial charge >= 0.3 is 0 Å². The van der Waals surface area contributed by atoms with E-state index in [-0.39, 0.29) is 0 Å². The SMILES string of the molecule is Cc1nnc(CCCCc2nnc(N)s2)s1. The van der Waals surface area contributed by atoms with Crippen molar-refractivity contribution in [2.75, 3.05) is 5.73 Å². The van der Waals surface area contributed by atoms with Crippen LogP contribution >= 0.6 is 22.7 Å².